The quantitative estimate of drug-likeness (QED) is 0.890. The van der Waals surface area contributed by atoms with Crippen LogP contribution in [0.15, 0.2) is 18.2 Å². The molecule has 5 heteroatoms. The lowest BCUT2D eigenvalue weighted by molar-refractivity contribution is -0.150. The highest BCUT2D eigenvalue weighted by atomic mass is 19.1. The van der Waals surface area contributed by atoms with Crippen LogP contribution in [-0.2, 0) is 9.59 Å². The molecule has 1 fully saturated rings. The van der Waals surface area contributed by atoms with E-state index >= 15 is 0 Å². The van der Waals surface area contributed by atoms with E-state index in [0.29, 0.717) is 24.1 Å². The Morgan fingerprint density at radius 2 is 2.00 bits per heavy atom. The summed E-state index contributed by atoms with van der Waals surface area (Å²) in [7, 11) is 0. The number of benzene rings is 1. The maximum Gasteiger partial charge on any atom is 0.310 e. The Labute approximate surface area is 117 Å². The van der Waals surface area contributed by atoms with Gasteiger partial charge >= 0.3 is 5.97 Å². The normalized spacial score (nSPS) is 16.9. The van der Waals surface area contributed by atoms with E-state index in [0.717, 1.165) is 12.8 Å². The third-order valence-electron chi connectivity index (χ3n) is 3.95. The minimum absolute atomic E-state index is 0.0290. The SMILES string of the molecule is Cc1cc(NC(=O)CC2(C(=O)O)CCCC2)ccc1F. The van der Waals surface area contributed by atoms with Gasteiger partial charge in [-0.25, -0.2) is 4.39 Å². The molecule has 20 heavy (non-hydrogen) atoms. The lowest BCUT2D eigenvalue weighted by Gasteiger charge is -2.22. The number of carboxylic acid groups (broad SMARTS) is 1. The number of hydrogen-bond acceptors (Lipinski definition) is 2. The van der Waals surface area contributed by atoms with Gasteiger partial charge in [0.1, 0.15) is 5.82 Å². The van der Waals surface area contributed by atoms with Gasteiger partial charge in [-0.3, -0.25) is 9.59 Å². The molecular formula is C15H18FNO3. The number of anilines is 1. The lowest BCUT2D eigenvalue weighted by atomic mass is 9.82. The molecule has 0 radical (unpaired) electrons. The fourth-order valence-electron chi connectivity index (χ4n) is 2.75. The summed E-state index contributed by atoms with van der Waals surface area (Å²) in [5.41, 5.74) is 0.00291. The molecule has 0 unspecified atom stereocenters. The van der Waals surface area contributed by atoms with Crippen molar-refractivity contribution in [1.82, 2.24) is 0 Å². The van der Waals surface area contributed by atoms with Crippen molar-refractivity contribution in [3.05, 3.63) is 29.6 Å². The van der Waals surface area contributed by atoms with E-state index in [1.54, 1.807) is 6.92 Å². The Balaban J connectivity index is 2.04. The van der Waals surface area contributed by atoms with Gasteiger partial charge in [-0.15, -0.1) is 0 Å². The molecule has 1 aliphatic carbocycles. The molecular weight excluding hydrogens is 261 g/mol. The smallest absolute Gasteiger partial charge is 0.310 e. The molecule has 0 aromatic heterocycles. The minimum atomic E-state index is -0.931. The predicted octanol–water partition coefficient (Wildman–Crippen LogP) is 3.11. The summed E-state index contributed by atoms with van der Waals surface area (Å²) in [6, 6.07) is 4.30. The second kappa shape index (κ2) is 5.61. The highest BCUT2D eigenvalue weighted by Gasteiger charge is 2.42. The van der Waals surface area contributed by atoms with Crippen LogP contribution in [0.5, 0.6) is 0 Å². The van der Waals surface area contributed by atoms with E-state index in [1.807, 2.05) is 0 Å². The topological polar surface area (TPSA) is 66.4 Å². The summed E-state index contributed by atoms with van der Waals surface area (Å²) in [4.78, 5) is 23.4. The van der Waals surface area contributed by atoms with Gasteiger partial charge in [-0.05, 0) is 43.5 Å². The van der Waals surface area contributed by atoms with Crippen LogP contribution in [0.4, 0.5) is 10.1 Å². The molecule has 2 N–H and O–H groups in total. The maximum atomic E-state index is 13.1. The number of carboxylic acids is 1. The van der Waals surface area contributed by atoms with E-state index in [1.165, 1.54) is 18.2 Å². The number of carbonyl (C=O) groups excluding carboxylic acids is 1. The van der Waals surface area contributed by atoms with Crippen LogP contribution in [0.1, 0.15) is 37.7 Å². The van der Waals surface area contributed by atoms with Crippen molar-refractivity contribution in [1.29, 1.82) is 0 Å². The molecule has 1 amide bonds. The lowest BCUT2D eigenvalue weighted by Crippen LogP contribution is -2.32. The van der Waals surface area contributed by atoms with E-state index in [9.17, 15) is 19.1 Å². The molecule has 0 spiro atoms. The van der Waals surface area contributed by atoms with Gasteiger partial charge in [-0.2, -0.15) is 0 Å². The van der Waals surface area contributed by atoms with Gasteiger partial charge in [0.2, 0.25) is 5.91 Å². The first-order chi connectivity index (χ1) is 9.43. The number of nitrogens with one attached hydrogen (secondary N) is 1. The van der Waals surface area contributed by atoms with E-state index in [2.05, 4.69) is 5.32 Å². The zero-order valence-corrected chi connectivity index (χ0v) is 11.4. The average Bonchev–Trinajstić information content (AvgIpc) is 2.83. The van der Waals surface area contributed by atoms with Crippen molar-refractivity contribution in [3.8, 4) is 0 Å². The van der Waals surface area contributed by atoms with Gasteiger partial charge in [0.15, 0.2) is 0 Å². The first-order valence-corrected chi connectivity index (χ1v) is 6.72. The van der Waals surface area contributed by atoms with Gasteiger partial charge in [-0.1, -0.05) is 12.8 Å². The number of aliphatic carboxylic acids is 1. The summed E-state index contributed by atoms with van der Waals surface area (Å²) in [6.07, 6.45) is 2.74. The van der Waals surface area contributed by atoms with E-state index < -0.39 is 11.4 Å². The number of amides is 1. The number of rotatable bonds is 4. The molecule has 1 aliphatic rings. The van der Waals surface area contributed by atoms with Crippen molar-refractivity contribution in [2.45, 2.75) is 39.0 Å². The zero-order valence-electron chi connectivity index (χ0n) is 11.4. The molecule has 108 valence electrons. The Kier molecular flexibility index (Phi) is 4.06. The molecule has 4 nitrogen and oxygen atoms in total. The van der Waals surface area contributed by atoms with Crippen LogP contribution >= 0.6 is 0 Å². The fourth-order valence-corrected chi connectivity index (χ4v) is 2.75. The number of carbonyl (C=O) groups is 2. The predicted molar refractivity (Wildman–Crippen MR) is 72.9 cm³/mol. The zero-order chi connectivity index (χ0) is 14.8. The van der Waals surface area contributed by atoms with Gasteiger partial charge in [0, 0.05) is 12.1 Å². The van der Waals surface area contributed by atoms with Crippen LogP contribution in [0.2, 0.25) is 0 Å². The molecule has 0 atom stereocenters. The Bertz CT molecular complexity index is 536. The molecule has 0 aliphatic heterocycles. The van der Waals surface area contributed by atoms with Crippen molar-refractivity contribution in [2.75, 3.05) is 5.32 Å². The Morgan fingerprint density at radius 1 is 1.35 bits per heavy atom. The highest BCUT2D eigenvalue weighted by Crippen LogP contribution is 2.41. The van der Waals surface area contributed by atoms with Crippen LogP contribution in [-0.4, -0.2) is 17.0 Å². The molecule has 1 aromatic carbocycles. The molecule has 0 bridgehead atoms. The fraction of sp³-hybridized carbons (Fsp3) is 0.467. The summed E-state index contributed by atoms with van der Waals surface area (Å²) in [5.74, 6) is -1.57. The summed E-state index contributed by atoms with van der Waals surface area (Å²) in [5, 5.41) is 12.0. The number of hydrogen-bond donors (Lipinski definition) is 2. The number of aryl methyl sites for hydroxylation is 1. The van der Waals surface area contributed by atoms with Crippen LogP contribution in [0.3, 0.4) is 0 Å². The third kappa shape index (κ3) is 2.98. The van der Waals surface area contributed by atoms with Gasteiger partial charge in [0.05, 0.1) is 5.41 Å². The van der Waals surface area contributed by atoms with Gasteiger partial charge < -0.3 is 10.4 Å². The van der Waals surface area contributed by atoms with Crippen molar-refractivity contribution >= 4 is 17.6 Å². The largest absolute Gasteiger partial charge is 0.481 e. The molecule has 0 saturated heterocycles. The van der Waals surface area contributed by atoms with Crippen LogP contribution < -0.4 is 5.32 Å². The van der Waals surface area contributed by atoms with Crippen LogP contribution in [0, 0.1) is 18.2 Å². The average molecular weight is 279 g/mol. The second-order valence-electron chi connectivity index (χ2n) is 5.48. The summed E-state index contributed by atoms with van der Waals surface area (Å²) >= 11 is 0. The Hall–Kier alpha value is -1.91. The molecule has 2 rings (SSSR count). The Morgan fingerprint density at radius 3 is 2.55 bits per heavy atom. The van der Waals surface area contributed by atoms with Crippen LogP contribution in [0.25, 0.3) is 0 Å². The first kappa shape index (κ1) is 14.5. The third-order valence-corrected chi connectivity index (χ3v) is 3.95. The first-order valence-electron chi connectivity index (χ1n) is 6.72. The molecule has 1 aromatic rings. The van der Waals surface area contributed by atoms with Gasteiger partial charge in [0.25, 0.3) is 0 Å². The standard InChI is InChI=1S/C15H18FNO3/c1-10-8-11(4-5-12(10)16)17-13(18)9-15(14(19)20)6-2-3-7-15/h4-5,8H,2-3,6-7,9H2,1H3,(H,17,18)(H,19,20). The van der Waals surface area contributed by atoms with Crippen molar-refractivity contribution in [3.63, 3.8) is 0 Å². The highest BCUT2D eigenvalue weighted by molar-refractivity contribution is 5.94. The minimum Gasteiger partial charge on any atom is -0.481 e. The van der Waals surface area contributed by atoms with E-state index in [-0.39, 0.29) is 18.1 Å². The maximum absolute atomic E-state index is 13.1. The van der Waals surface area contributed by atoms with Crippen molar-refractivity contribution in [2.24, 2.45) is 5.41 Å². The van der Waals surface area contributed by atoms with E-state index in [4.69, 9.17) is 0 Å². The second-order valence-corrected chi connectivity index (χ2v) is 5.48. The monoisotopic (exact) mass is 279 g/mol. The molecule has 0 heterocycles. The number of halogens is 1. The summed E-state index contributed by atoms with van der Waals surface area (Å²) < 4.78 is 13.1. The summed E-state index contributed by atoms with van der Waals surface area (Å²) in [6.45, 7) is 1.61. The van der Waals surface area contributed by atoms with Crippen molar-refractivity contribution < 1.29 is 19.1 Å². The molecule has 1 saturated carbocycles.